The highest BCUT2D eigenvalue weighted by Gasteiger charge is 2.37. The van der Waals surface area contributed by atoms with Gasteiger partial charge in [-0.05, 0) is 101 Å². The van der Waals surface area contributed by atoms with Gasteiger partial charge < -0.3 is 4.42 Å². The van der Waals surface area contributed by atoms with Gasteiger partial charge in [0.2, 0.25) is 5.65 Å². The average molecular weight is 1330 g/mol. The predicted octanol–water partition coefficient (Wildman–Crippen LogP) is 12.7. The molecule has 20 heterocycles. The summed E-state index contributed by atoms with van der Waals surface area (Å²) >= 11 is 1.76. The second kappa shape index (κ2) is 21.5. The molecule has 21 aromatic rings. The van der Waals surface area contributed by atoms with Crippen molar-refractivity contribution in [2.24, 2.45) is 0 Å². The van der Waals surface area contributed by atoms with Crippen molar-refractivity contribution in [2.45, 2.75) is 32.7 Å². The molecule has 0 atom stereocenters. The van der Waals surface area contributed by atoms with Crippen LogP contribution in [0.2, 0.25) is 0 Å². The summed E-state index contributed by atoms with van der Waals surface area (Å²) in [5.41, 5.74) is 28.0. The Labute approximate surface area is 577 Å². The smallest absolute Gasteiger partial charge is 0.368 e. The van der Waals surface area contributed by atoms with Crippen molar-refractivity contribution >= 4 is 83.1 Å². The van der Waals surface area contributed by atoms with E-state index in [4.69, 9.17) is 4.42 Å². The summed E-state index contributed by atoms with van der Waals surface area (Å²) in [5.74, 6) is 4.35. The van der Waals surface area contributed by atoms with Crippen LogP contribution >= 0.6 is 11.3 Å². The average Bonchev–Trinajstić information content (AvgIpc) is 1.70. The minimum atomic E-state index is 0.684. The highest BCUT2D eigenvalue weighted by atomic mass is 32.1. The third-order valence-corrected chi connectivity index (χ3v) is 21.5. The Morgan fingerprint density at radius 1 is 0.396 bits per heavy atom. The van der Waals surface area contributed by atoms with Gasteiger partial charge in [0.05, 0.1) is 24.8 Å². The number of hydrogen-bond donors (Lipinski definition) is 0. The zero-order valence-electron chi connectivity index (χ0n) is 54.0. The minimum Gasteiger partial charge on any atom is -0.368 e. The standard InChI is InChI=1S/C21H15N4.2C15H11N4.C15H10N3O.C15H10N3S/c1-2-8-16(9-3-1)25-20-18(11-6-12-22-20)24-14-19-17-10-5-4-7-15(17)13-23(19)21(24)25;1-2-6-13-11(4-1)8-17-10-14-18(15(13)17)9-12-5-3-7-16-19(12)14;1-2-6-13-11(4-1)8-18-14(13)10-17-9-12-5-3-7-16-19(12)15(17)18;2*1-2-5-11-10(4-1)8-17-13(11)9-18-12-6-3-7-16-14(12)19-15(17)18/h1-12,14H,13H2;2*1-7,9-10H,8H2;2*1-7,9H,8H2/q5*+1. The van der Waals surface area contributed by atoms with Crippen LogP contribution in [0.1, 0.15) is 27.8 Å². The van der Waals surface area contributed by atoms with Crippen molar-refractivity contribution in [2.75, 3.05) is 0 Å². The van der Waals surface area contributed by atoms with Gasteiger partial charge in [-0.15, -0.1) is 9.61 Å². The van der Waals surface area contributed by atoms with Gasteiger partial charge in [-0.3, -0.25) is 0 Å². The third kappa shape index (κ3) is 8.33. The van der Waals surface area contributed by atoms with E-state index in [-0.39, 0.29) is 0 Å². The minimum absolute atomic E-state index is 0.684. The monoisotopic (exact) mass is 1330 g/mol. The molecule has 478 valence electrons. The van der Waals surface area contributed by atoms with Gasteiger partial charge in [0.25, 0.3) is 17.2 Å². The van der Waals surface area contributed by atoms with Gasteiger partial charge in [-0.2, -0.15) is 36.4 Å². The van der Waals surface area contributed by atoms with E-state index in [0.29, 0.717) is 5.71 Å². The Bertz CT molecular complexity index is 6790. The molecule has 0 spiro atoms. The molecule has 15 aromatic heterocycles. The topological polar surface area (TPSA) is 136 Å². The summed E-state index contributed by atoms with van der Waals surface area (Å²) in [5, 5.41) is 8.88. The number of rotatable bonds is 1. The summed E-state index contributed by atoms with van der Waals surface area (Å²) in [6, 6.07) is 73.7. The van der Waals surface area contributed by atoms with Crippen LogP contribution in [0.4, 0.5) is 0 Å². The molecule has 19 nitrogen and oxygen atoms in total. The van der Waals surface area contributed by atoms with E-state index in [9.17, 15) is 0 Å². The molecular formula is C81H57N18OS+5. The van der Waals surface area contributed by atoms with Crippen molar-refractivity contribution in [3.05, 3.63) is 315 Å². The number of nitrogens with zero attached hydrogens (tertiary/aromatic N) is 18. The zero-order valence-corrected chi connectivity index (χ0v) is 54.9. The van der Waals surface area contributed by atoms with Crippen molar-refractivity contribution < 1.29 is 26.6 Å². The number of imidazole rings is 8. The molecule has 0 saturated carbocycles. The highest BCUT2D eigenvalue weighted by molar-refractivity contribution is 7.22. The first-order valence-corrected chi connectivity index (χ1v) is 34.6. The molecule has 20 heteroatoms. The van der Waals surface area contributed by atoms with E-state index in [1.165, 1.54) is 94.7 Å². The number of benzene rings is 6. The van der Waals surface area contributed by atoms with Crippen molar-refractivity contribution in [3.63, 3.8) is 0 Å². The second-order valence-electron chi connectivity index (χ2n) is 26.0. The van der Waals surface area contributed by atoms with Crippen molar-refractivity contribution in [3.8, 4) is 62.1 Å². The van der Waals surface area contributed by atoms with E-state index in [1.54, 1.807) is 17.5 Å². The molecule has 0 N–H and O–H groups in total. The molecule has 0 amide bonds. The number of para-hydroxylation sites is 1. The van der Waals surface area contributed by atoms with Gasteiger partial charge in [-0.1, -0.05) is 133 Å². The molecule has 101 heavy (non-hydrogen) atoms. The van der Waals surface area contributed by atoms with Gasteiger partial charge >= 0.3 is 22.4 Å². The van der Waals surface area contributed by atoms with Crippen LogP contribution < -0.4 is 22.2 Å². The van der Waals surface area contributed by atoms with Crippen LogP contribution in [0.15, 0.2) is 291 Å². The Balaban J connectivity index is 0.0000000805. The fourth-order valence-corrected chi connectivity index (χ4v) is 17.1. The lowest BCUT2D eigenvalue weighted by atomic mass is 10.1. The number of aromatic nitrogens is 18. The lowest BCUT2D eigenvalue weighted by Crippen LogP contribution is -2.29. The second-order valence-corrected chi connectivity index (χ2v) is 27.0. The van der Waals surface area contributed by atoms with Crippen molar-refractivity contribution in [1.82, 2.24) is 61.4 Å². The van der Waals surface area contributed by atoms with E-state index in [2.05, 4.69) is 288 Å². The molecule has 0 radical (unpaired) electrons. The third-order valence-electron chi connectivity index (χ3n) is 20.4. The number of fused-ring (bicyclic) bond motifs is 35. The van der Waals surface area contributed by atoms with Crippen LogP contribution in [0, 0.1) is 0 Å². The maximum absolute atomic E-state index is 5.88. The first kappa shape index (κ1) is 55.6. The Morgan fingerprint density at radius 2 is 0.941 bits per heavy atom. The van der Waals surface area contributed by atoms with Crippen molar-refractivity contribution in [1.29, 1.82) is 0 Å². The van der Waals surface area contributed by atoms with Gasteiger partial charge in [0, 0.05) is 63.7 Å². The number of oxazole rings is 1. The molecular weight excluding hydrogens is 1270 g/mol. The Kier molecular flexibility index (Phi) is 11.9. The van der Waals surface area contributed by atoms with Crippen LogP contribution in [-0.2, 0) is 32.7 Å². The fraction of sp³-hybridized carbons (Fsp3) is 0.0617. The molecule has 0 unspecified atom stereocenters. The fourth-order valence-electron chi connectivity index (χ4n) is 16.0. The summed E-state index contributed by atoms with van der Waals surface area (Å²) in [6.45, 7) is 4.59. The maximum atomic E-state index is 5.88. The predicted molar refractivity (Wildman–Crippen MR) is 384 cm³/mol. The van der Waals surface area contributed by atoms with Crippen LogP contribution in [-0.4, -0.2) is 61.4 Å². The van der Waals surface area contributed by atoms with Crippen LogP contribution in [0.25, 0.3) is 134 Å². The number of hydrogen-bond acceptors (Lipinski definition) is 7. The molecule has 0 aliphatic carbocycles. The maximum Gasteiger partial charge on any atom is 0.469 e. The molecule has 5 aliphatic heterocycles. The molecule has 6 aromatic carbocycles. The van der Waals surface area contributed by atoms with Gasteiger partial charge in [0.15, 0.2) is 44.5 Å². The summed E-state index contributed by atoms with van der Waals surface area (Å²) in [4.78, 5) is 15.7. The molecule has 0 saturated heterocycles. The Morgan fingerprint density at radius 3 is 1.67 bits per heavy atom. The molecule has 0 bridgehead atoms. The quantitative estimate of drug-likeness (QED) is 0.150. The number of thiazole rings is 1. The van der Waals surface area contributed by atoms with E-state index >= 15 is 0 Å². The zero-order chi connectivity index (χ0) is 66.0. The van der Waals surface area contributed by atoms with Crippen LogP contribution in [0.3, 0.4) is 0 Å². The van der Waals surface area contributed by atoms with Crippen LogP contribution in [0.5, 0.6) is 0 Å². The van der Waals surface area contributed by atoms with E-state index < -0.39 is 0 Å². The van der Waals surface area contributed by atoms with Gasteiger partial charge in [-0.25, -0.2) is 37.6 Å². The SMILES string of the molecule is c1ccc(-n2c3ncccc3[n+]3cc4n(c23)Cc2ccccc2-4)cc1.c1ccc2c(c1)C[n+]1cc3n(cc4cccnn43)c1-2.c1ccc2c(c1)Cn1c-2c[n+]2c3cccnc3oc12.c1ccc2c(c1)Cn1c-2c[n+]2c3cccnc3sc12.c1ccc2c(c1)Cn1c-2c[n+]2cc3cccnn3c12. The lowest BCUT2D eigenvalue weighted by Gasteiger charge is -2.00. The highest BCUT2D eigenvalue weighted by Crippen LogP contribution is 2.39. The summed E-state index contributed by atoms with van der Waals surface area (Å²) < 4.78 is 34.7. The molecule has 0 fully saturated rings. The molecule has 26 rings (SSSR count). The van der Waals surface area contributed by atoms with E-state index in [1.807, 2.05) is 76.3 Å². The molecule has 5 aliphatic rings. The Hall–Kier alpha value is -13.5. The first-order chi connectivity index (χ1) is 50.1. The summed E-state index contributed by atoms with van der Waals surface area (Å²) in [7, 11) is 0. The van der Waals surface area contributed by atoms with Gasteiger partial charge in [0.1, 0.15) is 79.4 Å². The lowest BCUT2D eigenvalue weighted by molar-refractivity contribution is -0.670. The normalized spacial score (nSPS) is 13.0. The largest absolute Gasteiger partial charge is 0.469 e. The first-order valence-electron chi connectivity index (χ1n) is 33.8. The number of pyridine rings is 3. The van der Waals surface area contributed by atoms with E-state index in [0.717, 1.165) is 94.0 Å². The summed E-state index contributed by atoms with van der Waals surface area (Å²) in [6.07, 6.45) is 24.4.